The van der Waals surface area contributed by atoms with Gasteiger partial charge in [0.2, 0.25) is 0 Å². The second-order valence-electron chi connectivity index (χ2n) is 4.41. The first-order chi connectivity index (χ1) is 8.72. The fraction of sp³-hybridized carbons (Fsp3) is 0.250. The molecule has 0 aliphatic rings. The highest BCUT2D eigenvalue weighted by atomic mass is 16.5. The molecule has 0 atom stereocenters. The Labute approximate surface area is 108 Å². The summed E-state index contributed by atoms with van der Waals surface area (Å²) in [5.41, 5.74) is 4.31. The third-order valence-corrected chi connectivity index (χ3v) is 3.26. The topological polar surface area (TPSA) is 29.5 Å². The molecule has 2 rings (SSSR count). The molecule has 0 heterocycles. The molecule has 0 bridgehead atoms. The maximum absolute atomic E-state index is 9.20. The van der Waals surface area contributed by atoms with Crippen molar-refractivity contribution in [2.45, 2.75) is 27.1 Å². The Morgan fingerprint density at radius 1 is 0.944 bits per heavy atom. The summed E-state index contributed by atoms with van der Waals surface area (Å²) in [7, 11) is 0. The lowest BCUT2D eigenvalue weighted by Gasteiger charge is -2.13. The van der Waals surface area contributed by atoms with Crippen molar-refractivity contribution in [2.75, 3.05) is 0 Å². The predicted molar refractivity (Wildman–Crippen MR) is 72.6 cm³/mol. The minimum absolute atomic E-state index is 0.0750. The Bertz CT molecular complexity index is 518. The van der Waals surface area contributed by atoms with Crippen LogP contribution in [0, 0.1) is 13.8 Å². The minimum Gasteiger partial charge on any atom is -0.489 e. The molecule has 0 aromatic heterocycles. The van der Waals surface area contributed by atoms with Crippen LogP contribution in [0.2, 0.25) is 0 Å². The molecule has 18 heavy (non-hydrogen) atoms. The molecule has 2 aromatic rings. The smallest absolute Gasteiger partial charge is 0.123 e. The second kappa shape index (κ2) is 5.69. The van der Waals surface area contributed by atoms with E-state index >= 15 is 0 Å². The number of aliphatic hydroxyl groups is 1. The lowest BCUT2D eigenvalue weighted by molar-refractivity contribution is 0.279. The first-order valence-electron chi connectivity index (χ1n) is 6.09. The van der Waals surface area contributed by atoms with Gasteiger partial charge in [0.25, 0.3) is 0 Å². The second-order valence-corrected chi connectivity index (χ2v) is 4.41. The van der Waals surface area contributed by atoms with E-state index in [0.717, 1.165) is 28.0 Å². The zero-order chi connectivity index (χ0) is 13.0. The Morgan fingerprint density at radius 2 is 1.67 bits per heavy atom. The lowest BCUT2D eigenvalue weighted by atomic mass is 10.0. The van der Waals surface area contributed by atoms with Gasteiger partial charge in [-0.3, -0.25) is 0 Å². The molecular formula is C16H18O2. The first kappa shape index (κ1) is 12.7. The first-order valence-corrected chi connectivity index (χ1v) is 6.09. The van der Waals surface area contributed by atoms with Crippen LogP contribution in [0.4, 0.5) is 0 Å². The normalized spacial score (nSPS) is 10.4. The zero-order valence-corrected chi connectivity index (χ0v) is 10.8. The number of rotatable bonds is 4. The van der Waals surface area contributed by atoms with E-state index in [2.05, 4.69) is 0 Å². The van der Waals surface area contributed by atoms with E-state index in [1.54, 1.807) is 0 Å². The van der Waals surface area contributed by atoms with Gasteiger partial charge >= 0.3 is 0 Å². The SMILES string of the molecule is Cc1c(CO)ccc(OCc2ccccc2)c1C. The van der Waals surface area contributed by atoms with E-state index in [1.165, 1.54) is 0 Å². The predicted octanol–water partition coefficient (Wildman–Crippen LogP) is 3.37. The summed E-state index contributed by atoms with van der Waals surface area (Å²) in [4.78, 5) is 0. The van der Waals surface area contributed by atoms with Gasteiger partial charge in [0, 0.05) is 0 Å². The quantitative estimate of drug-likeness (QED) is 0.890. The molecule has 94 valence electrons. The lowest BCUT2D eigenvalue weighted by Crippen LogP contribution is -2.00. The van der Waals surface area contributed by atoms with Crippen molar-refractivity contribution < 1.29 is 9.84 Å². The van der Waals surface area contributed by atoms with Crippen molar-refractivity contribution >= 4 is 0 Å². The van der Waals surface area contributed by atoms with E-state index < -0.39 is 0 Å². The molecule has 2 nitrogen and oxygen atoms in total. The van der Waals surface area contributed by atoms with Crippen LogP contribution in [0.1, 0.15) is 22.3 Å². The van der Waals surface area contributed by atoms with Gasteiger partial charge in [-0.2, -0.15) is 0 Å². The molecule has 2 aromatic carbocycles. The Balaban J connectivity index is 2.13. The van der Waals surface area contributed by atoms with Crippen LogP contribution in [0.5, 0.6) is 5.75 Å². The van der Waals surface area contributed by atoms with Crippen LogP contribution in [-0.4, -0.2) is 5.11 Å². The van der Waals surface area contributed by atoms with Crippen LogP contribution < -0.4 is 4.74 Å². The van der Waals surface area contributed by atoms with E-state index in [9.17, 15) is 5.11 Å². The molecular weight excluding hydrogens is 224 g/mol. The van der Waals surface area contributed by atoms with Crippen molar-refractivity contribution in [1.82, 2.24) is 0 Å². The molecule has 0 aliphatic heterocycles. The number of hydrogen-bond donors (Lipinski definition) is 1. The summed E-state index contributed by atoms with van der Waals surface area (Å²) < 4.78 is 5.82. The van der Waals surface area contributed by atoms with Crippen LogP contribution in [-0.2, 0) is 13.2 Å². The summed E-state index contributed by atoms with van der Waals surface area (Å²) in [6.07, 6.45) is 0. The molecule has 0 radical (unpaired) electrons. The maximum Gasteiger partial charge on any atom is 0.123 e. The van der Waals surface area contributed by atoms with Crippen LogP contribution >= 0.6 is 0 Å². The number of aliphatic hydroxyl groups excluding tert-OH is 1. The Hall–Kier alpha value is -1.80. The van der Waals surface area contributed by atoms with Crippen molar-refractivity contribution in [3.63, 3.8) is 0 Å². The highest BCUT2D eigenvalue weighted by Crippen LogP contribution is 2.25. The summed E-state index contributed by atoms with van der Waals surface area (Å²) in [6, 6.07) is 13.9. The van der Waals surface area contributed by atoms with Gasteiger partial charge in [-0.15, -0.1) is 0 Å². The van der Waals surface area contributed by atoms with Gasteiger partial charge in [-0.1, -0.05) is 36.4 Å². The van der Waals surface area contributed by atoms with Gasteiger partial charge in [-0.25, -0.2) is 0 Å². The number of hydrogen-bond acceptors (Lipinski definition) is 2. The summed E-state index contributed by atoms with van der Waals surface area (Å²) in [5.74, 6) is 0.883. The van der Waals surface area contributed by atoms with Crippen LogP contribution in [0.15, 0.2) is 42.5 Å². The zero-order valence-electron chi connectivity index (χ0n) is 10.8. The molecule has 0 spiro atoms. The highest BCUT2D eigenvalue weighted by molar-refractivity contribution is 5.43. The molecule has 0 aliphatic carbocycles. The van der Waals surface area contributed by atoms with Gasteiger partial charge in [0.1, 0.15) is 12.4 Å². The minimum atomic E-state index is 0.0750. The highest BCUT2D eigenvalue weighted by Gasteiger charge is 2.06. The molecule has 0 saturated heterocycles. The molecule has 1 N–H and O–H groups in total. The largest absolute Gasteiger partial charge is 0.489 e. The Morgan fingerprint density at radius 3 is 2.33 bits per heavy atom. The van der Waals surface area contributed by atoms with Crippen molar-refractivity contribution in [3.8, 4) is 5.75 Å². The van der Waals surface area contributed by atoms with Gasteiger partial charge in [0.15, 0.2) is 0 Å². The summed E-state index contributed by atoms with van der Waals surface area (Å²) >= 11 is 0. The standard InChI is InChI=1S/C16H18O2/c1-12-13(2)16(9-8-15(12)10-17)18-11-14-6-4-3-5-7-14/h3-9,17H,10-11H2,1-2H3. The van der Waals surface area contributed by atoms with E-state index in [4.69, 9.17) is 4.74 Å². The average molecular weight is 242 g/mol. The Kier molecular flexibility index (Phi) is 4.00. The van der Waals surface area contributed by atoms with E-state index in [1.807, 2.05) is 56.3 Å². The fourth-order valence-corrected chi connectivity index (χ4v) is 1.91. The van der Waals surface area contributed by atoms with Crippen molar-refractivity contribution in [1.29, 1.82) is 0 Å². The molecule has 0 fully saturated rings. The van der Waals surface area contributed by atoms with Crippen molar-refractivity contribution in [2.24, 2.45) is 0 Å². The van der Waals surface area contributed by atoms with Crippen LogP contribution in [0.3, 0.4) is 0 Å². The fourth-order valence-electron chi connectivity index (χ4n) is 1.91. The molecule has 0 saturated carbocycles. The van der Waals surface area contributed by atoms with E-state index in [-0.39, 0.29) is 6.61 Å². The molecule has 2 heteroatoms. The molecule has 0 unspecified atom stereocenters. The van der Waals surface area contributed by atoms with E-state index in [0.29, 0.717) is 6.61 Å². The summed E-state index contributed by atoms with van der Waals surface area (Å²) in [5, 5.41) is 9.20. The van der Waals surface area contributed by atoms with Crippen molar-refractivity contribution in [3.05, 3.63) is 64.7 Å². The average Bonchev–Trinajstić information content (AvgIpc) is 2.42. The van der Waals surface area contributed by atoms with Gasteiger partial charge in [-0.05, 0) is 42.2 Å². The van der Waals surface area contributed by atoms with Gasteiger partial charge in [0.05, 0.1) is 6.61 Å². The van der Waals surface area contributed by atoms with Gasteiger partial charge < -0.3 is 9.84 Å². The third kappa shape index (κ3) is 2.71. The number of ether oxygens (including phenoxy) is 1. The maximum atomic E-state index is 9.20. The summed E-state index contributed by atoms with van der Waals surface area (Å²) in [6.45, 7) is 4.68. The molecule has 0 amide bonds. The van der Waals surface area contributed by atoms with Crippen LogP contribution in [0.25, 0.3) is 0 Å². The number of benzene rings is 2. The monoisotopic (exact) mass is 242 g/mol. The third-order valence-electron chi connectivity index (χ3n) is 3.26.